The van der Waals surface area contributed by atoms with Crippen LogP contribution in [0.15, 0.2) is 18.3 Å². The molecule has 2 unspecified atom stereocenters. The second-order valence-corrected chi connectivity index (χ2v) is 6.10. The van der Waals surface area contributed by atoms with Crippen LogP contribution in [0.5, 0.6) is 0 Å². The van der Waals surface area contributed by atoms with Crippen molar-refractivity contribution in [2.45, 2.75) is 31.2 Å². The molecule has 2 heterocycles. The molecule has 1 aromatic heterocycles. The molecule has 0 saturated carbocycles. The molecule has 0 bridgehead atoms. The lowest BCUT2D eigenvalue weighted by Gasteiger charge is -2.25. The highest BCUT2D eigenvalue weighted by atomic mass is 32.2. The molecule has 1 saturated heterocycles. The predicted molar refractivity (Wildman–Crippen MR) is 81.7 cm³/mol. The standard InChI is InChI=1S/C14H19N3O3S/c1-3-4-13-17(11(9-21-13)14(19)20)12(18)6-5-10-7-8-15-16(10)2/h5-8,11,13H,3-4,9H2,1-2H3,(H,19,20). The van der Waals surface area contributed by atoms with E-state index < -0.39 is 12.0 Å². The van der Waals surface area contributed by atoms with E-state index in [4.69, 9.17) is 0 Å². The molecule has 2 rings (SSSR count). The molecule has 6 nitrogen and oxygen atoms in total. The SMILES string of the molecule is CCCC1SCC(C(=O)O)N1C(=O)C=Cc1ccnn1C. The number of hydrogen-bond acceptors (Lipinski definition) is 4. The summed E-state index contributed by atoms with van der Waals surface area (Å²) in [6, 6.07) is 1.05. The highest BCUT2D eigenvalue weighted by Gasteiger charge is 2.40. The summed E-state index contributed by atoms with van der Waals surface area (Å²) in [6.07, 6.45) is 6.47. The maximum absolute atomic E-state index is 12.4. The molecule has 2 atom stereocenters. The average Bonchev–Trinajstić information content (AvgIpc) is 3.03. The first-order valence-corrected chi connectivity index (χ1v) is 7.92. The predicted octanol–water partition coefficient (Wildman–Crippen LogP) is 1.59. The number of rotatable bonds is 5. The Morgan fingerprint density at radius 2 is 2.33 bits per heavy atom. The van der Waals surface area contributed by atoms with E-state index >= 15 is 0 Å². The molecular formula is C14H19N3O3S. The molecule has 1 N–H and O–H groups in total. The van der Waals surface area contributed by atoms with Gasteiger partial charge in [0.25, 0.3) is 0 Å². The smallest absolute Gasteiger partial charge is 0.327 e. The van der Waals surface area contributed by atoms with Crippen LogP contribution < -0.4 is 0 Å². The molecule has 1 fully saturated rings. The summed E-state index contributed by atoms with van der Waals surface area (Å²) in [5, 5.41) is 13.2. The van der Waals surface area contributed by atoms with Crippen LogP contribution in [0.2, 0.25) is 0 Å². The van der Waals surface area contributed by atoms with Gasteiger partial charge < -0.3 is 10.0 Å². The van der Waals surface area contributed by atoms with E-state index in [1.807, 2.05) is 6.92 Å². The Balaban J connectivity index is 2.15. The first-order chi connectivity index (χ1) is 10.0. The van der Waals surface area contributed by atoms with Crippen molar-refractivity contribution in [3.05, 3.63) is 24.0 Å². The number of carbonyl (C=O) groups excluding carboxylic acids is 1. The van der Waals surface area contributed by atoms with Crippen molar-refractivity contribution in [3.63, 3.8) is 0 Å². The van der Waals surface area contributed by atoms with Gasteiger partial charge in [0.15, 0.2) is 0 Å². The molecule has 1 aliphatic heterocycles. The van der Waals surface area contributed by atoms with Gasteiger partial charge in [0.05, 0.1) is 11.1 Å². The Kier molecular flexibility index (Phi) is 5.06. The Labute approximate surface area is 127 Å². The van der Waals surface area contributed by atoms with E-state index in [2.05, 4.69) is 5.10 Å². The Morgan fingerprint density at radius 3 is 2.90 bits per heavy atom. The summed E-state index contributed by atoms with van der Waals surface area (Å²) in [6.45, 7) is 2.03. The molecule has 114 valence electrons. The number of nitrogens with zero attached hydrogens (tertiary/aromatic N) is 3. The molecule has 0 radical (unpaired) electrons. The quantitative estimate of drug-likeness (QED) is 0.836. The Bertz CT molecular complexity index is 555. The maximum Gasteiger partial charge on any atom is 0.327 e. The van der Waals surface area contributed by atoms with Crippen molar-refractivity contribution >= 4 is 29.7 Å². The van der Waals surface area contributed by atoms with Crippen molar-refractivity contribution in [1.82, 2.24) is 14.7 Å². The largest absolute Gasteiger partial charge is 0.480 e. The topological polar surface area (TPSA) is 75.4 Å². The first-order valence-electron chi connectivity index (χ1n) is 6.87. The van der Waals surface area contributed by atoms with Crippen molar-refractivity contribution in [2.75, 3.05) is 5.75 Å². The highest BCUT2D eigenvalue weighted by molar-refractivity contribution is 8.00. The summed E-state index contributed by atoms with van der Waals surface area (Å²) >= 11 is 1.54. The summed E-state index contributed by atoms with van der Waals surface area (Å²) in [7, 11) is 1.79. The number of carboxylic acid groups (broad SMARTS) is 1. The minimum absolute atomic E-state index is 0.0558. The molecule has 0 aliphatic carbocycles. The summed E-state index contributed by atoms with van der Waals surface area (Å²) < 4.78 is 1.65. The molecule has 1 amide bonds. The van der Waals surface area contributed by atoms with E-state index in [1.54, 1.807) is 30.1 Å². The van der Waals surface area contributed by atoms with Gasteiger partial charge in [0.2, 0.25) is 5.91 Å². The number of aromatic nitrogens is 2. The number of hydrogen-bond donors (Lipinski definition) is 1. The summed E-state index contributed by atoms with van der Waals surface area (Å²) in [5.74, 6) is -0.749. The van der Waals surface area contributed by atoms with Gasteiger partial charge in [-0.2, -0.15) is 5.10 Å². The van der Waals surface area contributed by atoms with Crippen LogP contribution in [0.3, 0.4) is 0 Å². The third-order valence-corrected chi connectivity index (χ3v) is 4.78. The van der Waals surface area contributed by atoms with Crippen LogP contribution >= 0.6 is 11.8 Å². The van der Waals surface area contributed by atoms with Crippen LogP contribution in [0, 0.1) is 0 Å². The molecule has 0 spiro atoms. The van der Waals surface area contributed by atoms with Gasteiger partial charge in [-0.1, -0.05) is 13.3 Å². The number of carboxylic acids is 1. The minimum Gasteiger partial charge on any atom is -0.480 e. The van der Waals surface area contributed by atoms with Crippen molar-refractivity contribution in [1.29, 1.82) is 0 Å². The molecule has 1 aromatic rings. The first kappa shape index (κ1) is 15.6. The number of thioether (sulfide) groups is 1. The molecular weight excluding hydrogens is 290 g/mol. The lowest BCUT2D eigenvalue weighted by Crippen LogP contribution is -2.44. The van der Waals surface area contributed by atoms with Gasteiger partial charge in [-0.3, -0.25) is 9.48 Å². The third kappa shape index (κ3) is 3.47. The van der Waals surface area contributed by atoms with Crippen molar-refractivity contribution in [3.8, 4) is 0 Å². The molecule has 0 aromatic carbocycles. The number of aryl methyl sites for hydroxylation is 1. The van der Waals surface area contributed by atoms with Crippen molar-refractivity contribution in [2.24, 2.45) is 7.05 Å². The van der Waals surface area contributed by atoms with Crippen molar-refractivity contribution < 1.29 is 14.7 Å². The highest BCUT2D eigenvalue weighted by Crippen LogP contribution is 2.32. The zero-order chi connectivity index (χ0) is 15.4. The number of amides is 1. The third-order valence-electron chi connectivity index (χ3n) is 3.42. The van der Waals surface area contributed by atoms with Crippen LogP contribution in [-0.2, 0) is 16.6 Å². The Morgan fingerprint density at radius 1 is 1.57 bits per heavy atom. The van der Waals surface area contributed by atoms with Gasteiger partial charge in [-0.05, 0) is 18.6 Å². The molecule has 7 heteroatoms. The lowest BCUT2D eigenvalue weighted by molar-refractivity contribution is -0.147. The fourth-order valence-electron chi connectivity index (χ4n) is 2.31. The fraction of sp³-hybridized carbons (Fsp3) is 0.500. The van der Waals surface area contributed by atoms with Gasteiger partial charge in [-0.25, -0.2) is 4.79 Å². The summed E-state index contributed by atoms with van der Waals surface area (Å²) in [5.41, 5.74) is 0.800. The van der Waals surface area contributed by atoms with E-state index in [0.29, 0.717) is 5.75 Å². The Hall–Kier alpha value is -1.76. The maximum atomic E-state index is 12.4. The van der Waals surface area contributed by atoms with E-state index in [9.17, 15) is 14.7 Å². The van der Waals surface area contributed by atoms with Gasteiger partial charge in [-0.15, -0.1) is 11.8 Å². The number of aliphatic carboxylic acids is 1. The monoisotopic (exact) mass is 309 g/mol. The second-order valence-electron chi connectivity index (χ2n) is 4.89. The van der Waals surface area contributed by atoms with Crippen LogP contribution in [0.25, 0.3) is 6.08 Å². The zero-order valence-corrected chi connectivity index (χ0v) is 12.9. The fourth-order valence-corrected chi connectivity index (χ4v) is 3.83. The van der Waals surface area contributed by atoms with E-state index in [-0.39, 0.29) is 11.3 Å². The minimum atomic E-state index is -0.941. The lowest BCUT2D eigenvalue weighted by atomic mass is 10.2. The zero-order valence-electron chi connectivity index (χ0n) is 12.1. The molecule has 21 heavy (non-hydrogen) atoms. The van der Waals surface area contributed by atoms with Crippen LogP contribution in [-0.4, -0.2) is 48.8 Å². The van der Waals surface area contributed by atoms with Gasteiger partial charge >= 0.3 is 5.97 Å². The van der Waals surface area contributed by atoms with Crippen LogP contribution in [0.1, 0.15) is 25.5 Å². The van der Waals surface area contributed by atoms with E-state index in [0.717, 1.165) is 18.5 Å². The van der Waals surface area contributed by atoms with Crippen LogP contribution in [0.4, 0.5) is 0 Å². The average molecular weight is 309 g/mol. The van der Waals surface area contributed by atoms with Gasteiger partial charge in [0.1, 0.15) is 6.04 Å². The number of carbonyl (C=O) groups is 2. The second kappa shape index (κ2) is 6.80. The summed E-state index contributed by atoms with van der Waals surface area (Å²) in [4.78, 5) is 25.2. The molecule has 1 aliphatic rings. The van der Waals surface area contributed by atoms with Gasteiger partial charge in [0, 0.05) is 25.1 Å². The van der Waals surface area contributed by atoms with E-state index in [1.165, 1.54) is 22.7 Å². The normalized spacial score (nSPS) is 22.1.